The van der Waals surface area contributed by atoms with Crippen LogP contribution in [0.2, 0.25) is 0 Å². The maximum atomic E-state index is 12.4. The van der Waals surface area contributed by atoms with Crippen LogP contribution in [-0.4, -0.2) is 18.9 Å². The molecular weight excluding hydrogens is 304 g/mol. The third-order valence-electron chi connectivity index (χ3n) is 3.84. The number of para-hydroxylation sites is 1. The molecular formula is C19H18N2O3. The van der Waals surface area contributed by atoms with E-state index in [1.165, 1.54) is 0 Å². The average molecular weight is 322 g/mol. The van der Waals surface area contributed by atoms with Crippen LogP contribution in [0.25, 0.3) is 11.0 Å². The van der Waals surface area contributed by atoms with Crippen molar-refractivity contribution < 1.29 is 14.0 Å². The molecule has 0 saturated heterocycles. The highest BCUT2D eigenvalue weighted by Crippen LogP contribution is 2.23. The normalized spacial score (nSPS) is 10.6. The van der Waals surface area contributed by atoms with Gasteiger partial charge in [-0.05, 0) is 30.7 Å². The molecule has 0 atom stereocenters. The molecule has 0 radical (unpaired) electrons. The van der Waals surface area contributed by atoms with Crippen molar-refractivity contribution in [3.8, 4) is 0 Å². The molecule has 0 spiro atoms. The van der Waals surface area contributed by atoms with Gasteiger partial charge in [0.25, 0.3) is 5.91 Å². The standard InChI is InChI=1S/C19H18N2O3/c1-12-7-8-14-13(11-24-17(14)9-12)10-18(22)21-16-6-4-3-5-15(16)19(23)20-2/h3-9,11H,10H2,1-2H3,(H,20,23)(H,21,22). The average Bonchev–Trinajstić information content (AvgIpc) is 2.96. The summed E-state index contributed by atoms with van der Waals surface area (Å²) in [6.07, 6.45) is 1.78. The zero-order chi connectivity index (χ0) is 17.1. The molecule has 5 nitrogen and oxygen atoms in total. The summed E-state index contributed by atoms with van der Waals surface area (Å²) in [6, 6.07) is 12.8. The van der Waals surface area contributed by atoms with Crippen molar-refractivity contribution in [3.05, 3.63) is 65.4 Å². The van der Waals surface area contributed by atoms with Crippen LogP contribution in [0, 0.1) is 6.92 Å². The number of amides is 2. The second-order valence-electron chi connectivity index (χ2n) is 5.61. The van der Waals surface area contributed by atoms with Gasteiger partial charge in [0, 0.05) is 18.0 Å². The van der Waals surface area contributed by atoms with Gasteiger partial charge in [-0.3, -0.25) is 9.59 Å². The Hall–Kier alpha value is -3.08. The fourth-order valence-electron chi connectivity index (χ4n) is 2.62. The fraction of sp³-hybridized carbons (Fsp3) is 0.158. The number of hydrogen-bond acceptors (Lipinski definition) is 3. The lowest BCUT2D eigenvalue weighted by Gasteiger charge is -2.09. The molecule has 0 saturated carbocycles. The highest BCUT2D eigenvalue weighted by atomic mass is 16.3. The summed E-state index contributed by atoms with van der Waals surface area (Å²) >= 11 is 0. The van der Waals surface area contributed by atoms with Gasteiger partial charge in [0.05, 0.1) is 23.9 Å². The van der Waals surface area contributed by atoms with E-state index in [0.29, 0.717) is 11.3 Å². The Balaban J connectivity index is 1.80. The lowest BCUT2D eigenvalue weighted by atomic mass is 10.1. The molecule has 0 unspecified atom stereocenters. The first-order valence-corrected chi connectivity index (χ1v) is 7.66. The molecule has 1 aromatic heterocycles. The molecule has 3 aromatic rings. The number of anilines is 1. The molecule has 24 heavy (non-hydrogen) atoms. The number of furan rings is 1. The van der Waals surface area contributed by atoms with Crippen molar-refractivity contribution in [1.82, 2.24) is 5.32 Å². The van der Waals surface area contributed by atoms with Crippen LogP contribution >= 0.6 is 0 Å². The summed E-state index contributed by atoms with van der Waals surface area (Å²) in [4.78, 5) is 24.2. The minimum atomic E-state index is -0.241. The Morgan fingerprint density at radius 1 is 1.12 bits per heavy atom. The maximum Gasteiger partial charge on any atom is 0.253 e. The Kier molecular flexibility index (Phi) is 4.33. The molecule has 2 aromatic carbocycles. The second-order valence-corrected chi connectivity index (χ2v) is 5.61. The van der Waals surface area contributed by atoms with Gasteiger partial charge < -0.3 is 15.1 Å². The molecule has 0 aliphatic carbocycles. The largest absolute Gasteiger partial charge is 0.464 e. The third-order valence-corrected chi connectivity index (χ3v) is 3.84. The van der Waals surface area contributed by atoms with E-state index >= 15 is 0 Å². The molecule has 2 amide bonds. The molecule has 0 fully saturated rings. The maximum absolute atomic E-state index is 12.4. The molecule has 0 aliphatic heterocycles. The Morgan fingerprint density at radius 3 is 2.71 bits per heavy atom. The van der Waals surface area contributed by atoms with E-state index in [4.69, 9.17) is 4.42 Å². The van der Waals surface area contributed by atoms with Gasteiger partial charge in [-0.15, -0.1) is 0 Å². The van der Waals surface area contributed by atoms with E-state index in [-0.39, 0.29) is 18.2 Å². The van der Waals surface area contributed by atoms with E-state index < -0.39 is 0 Å². The summed E-state index contributed by atoms with van der Waals surface area (Å²) in [5, 5.41) is 6.29. The van der Waals surface area contributed by atoms with Gasteiger partial charge in [-0.2, -0.15) is 0 Å². The van der Waals surface area contributed by atoms with Crippen molar-refractivity contribution in [2.45, 2.75) is 13.3 Å². The summed E-state index contributed by atoms with van der Waals surface area (Å²) in [5.41, 5.74) is 3.61. The number of aryl methyl sites for hydroxylation is 1. The van der Waals surface area contributed by atoms with Crippen LogP contribution in [0.1, 0.15) is 21.5 Å². The van der Waals surface area contributed by atoms with Crippen molar-refractivity contribution in [3.63, 3.8) is 0 Å². The van der Waals surface area contributed by atoms with Crippen LogP contribution in [0.5, 0.6) is 0 Å². The summed E-state index contributed by atoms with van der Waals surface area (Å²) < 4.78 is 5.52. The zero-order valence-corrected chi connectivity index (χ0v) is 13.6. The van der Waals surface area contributed by atoms with Crippen LogP contribution in [0.15, 0.2) is 53.1 Å². The number of hydrogen-bond donors (Lipinski definition) is 2. The molecule has 2 N–H and O–H groups in total. The number of benzene rings is 2. The predicted octanol–water partition coefficient (Wildman–Crippen LogP) is 3.28. The van der Waals surface area contributed by atoms with Crippen molar-refractivity contribution in [1.29, 1.82) is 0 Å². The highest BCUT2D eigenvalue weighted by Gasteiger charge is 2.14. The van der Waals surface area contributed by atoms with Gasteiger partial charge in [-0.1, -0.05) is 24.3 Å². The van der Waals surface area contributed by atoms with E-state index in [9.17, 15) is 9.59 Å². The van der Waals surface area contributed by atoms with E-state index in [2.05, 4.69) is 10.6 Å². The number of nitrogens with one attached hydrogen (secondary N) is 2. The Labute approximate surface area is 139 Å². The minimum absolute atomic E-state index is 0.179. The van der Waals surface area contributed by atoms with Gasteiger partial charge in [0.2, 0.25) is 5.91 Å². The first kappa shape index (κ1) is 15.8. The molecule has 122 valence electrons. The smallest absolute Gasteiger partial charge is 0.253 e. The van der Waals surface area contributed by atoms with Crippen LogP contribution in [0.3, 0.4) is 0 Å². The lowest BCUT2D eigenvalue weighted by Crippen LogP contribution is -2.22. The van der Waals surface area contributed by atoms with E-state index in [1.54, 1.807) is 37.6 Å². The SMILES string of the molecule is CNC(=O)c1ccccc1NC(=O)Cc1coc2cc(C)ccc12. The van der Waals surface area contributed by atoms with Crippen molar-refractivity contribution in [2.75, 3.05) is 12.4 Å². The van der Waals surface area contributed by atoms with Gasteiger partial charge in [0.1, 0.15) is 5.58 Å². The second kappa shape index (κ2) is 6.58. The van der Waals surface area contributed by atoms with Crippen molar-refractivity contribution in [2.24, 2.45) is 0 Å². The van der Waals surface area contributed by atoms with Crippen molar-refractivity contribution >= 4 is 28.5 Å². The molecule has 3 rings (SSSR count). The molecule has 5 heteroatoms. The Morgan fingerprint density at radius 2 is 1.92 bits per heavy atom. The number of carbonyl (C=O) groups is 2. The molecule has 0 aliphatic rings. The summed E-state index contributed by atoms with van der Waals surface area (Å²) in [5.74, 6) is -0.440. The van der Waals surface area contributed by atoms with Crippen LogP contribution in [0.4, 0.5) is 5.69 Å². The highest BCUT2D eigenvalue weighted by molar-refractivity contribution is 6.04. The monoisotopic (exact) mass is 322 g/mol. The van der Waals surface area contributed by atoms with Gasteiger partial charge >= 0.3 is 0 Å². The molecule has 1 heterocycles. The number of carbonyl (C=O) groups excluding carboxylic acids is 2. The first-order valence-electron chi connectivity index (χ1n) is 7.66. The minimum Gasteiger partial charge on any atom is -0.464 e. The first-order chi connectivity index (χ1) is 11.6. The quantitative estimate of drug-likeness (QED) is 0.774. The van der Waals surface area contributed by atoms with Gasteiger partial charge in [0.15, 0.2) is 0 Å². The van der Waals surface area contributed by atoms with E-state index in [1.807, 2.05) is 25.1 Å². The topological polar surface area (TPSA) is 71.3 Å². The zero-order valence-electron chi connectivity index (χ0n) is 13.6. The lowest BCUT2D eigenvalue weighted by molar-refractivity contribution is -0.115. The number of fused-ring (bicyclic) bond motifs is 1. The third kappa shape index (κ3) is 3.15. The fourth-order valence-corrected chi connectivity index (χ4v) is 2.62. The van der Waals surface area contributed by atoms with Crippen LogP contribution < -0.4 is 10.6 Å². The Bertz CT molecular complexity index is 912. The molecule has 0 bridgehead atoms. The number of rotatable bonds is 4. The van der Waals surface area contributed by atoms with Crippen LogP contribution in [-0.2, 0) is 11.2 Å². The van der Waals surface area contributed by atoms with E-state index in [0.717, 1.165) is 22.1 Å². The summed E-state index contributed by atoms with van der Waals surface area (Å²) in [6.45, 7) is 1.99. The van der Waals surface area contributed by atoms with Gasteiger partial charge in [-0.25, -0.2) is 0 Å². The predicted molar refractivity (Wildman–Crippen MR) is 93.1 cm³/mol. The summed E-state index contributed by atoms with van der Waals surface area (Å²) in [7, 11) is 1.56.